The highest BCUT2D eigenvalue weighted by atomic mass is 32.2. The summed E-state index contributed by atoms with van der Waals surface area (Å²) in [7, 11) is 1.01. The Hall–Kier alpha value is -3.52. The van der Waals surface area contributed by atoms with Crippen LogP contribution in [0.3, 0.4) is 0 Å². The molecule has 0 spiro atoms. The van der Waals surface area contributed by atoms with Crippen LogP contribution in [-0.2, 0) is 0 Å². The molecule has 0 bridgehead atoms. The average molecular weight is 717 g/mol. The molecule has 0 saturated carbocycles. The zero-order valence-electron chi connectivity index (χ0n) is 32.9. The minimum Gasteiger partial charge on any atom is -0.311 e. The van der Waals surface area contributed by atoms with Crippen LogP contribution in [-0.4, -0.2) is 18.1 Å². The number of thioether (sulfide) groups is 1. The van der Waals surface area contributed by atoms with Crippen LogP contribution in [0.5, 0.6) is 0 Å². The van der Waals surface area contributed by atoms with Crippen molar-refractivity contribution in [3.05, 3.63) is 148 Å². The topological polar surface area (TPSA) is 6.48 Å². The lowest BCUT2D eigenvalue weighted by Gasteiger charge is -2.32. The van der Waals surface area contributed by atoms with Crippen molar-refractivity contribution in [2.45, 2.75) is 93.7 Å². The molecule has 0 aliphatic heterocycles. The van der Waals surface area contributed by atoms with Gasteiger partial charge in [-0.1, -0.05) is 82.3 Å². The molecule has 0 N–H and O–H groups in total. The highest BCUT2D eigenvalue weighted by Gasteiger charge is 2.21. The van der Waals surface area contributed by atoms with E-state index >= 15 is 0 Å². The second-order valence-corrected chi connectivity index (χ2v) is 17.8. The Labute approximate surface area is 316 Å². The van der Waals surface area contributed by atoms with Gasteiger partial charge < -0.3 is 9.80 Å². The minimum atomic E-state index is 0.400. The van der Waals surface area contributed by atoms with Crippen LogP contribution in [0.15, 0.2) is 120 Å². The molecule has 0 aromatic heterocycles. The van der Waals surface area contributed by atoms with Crippen LogP contribution in [0.1, 0.15) is 81.2 Å². The highest BCUT2D eigenvalue weighted by Crippen LogP contribution is 2.42. The maximum atomic E-state index is 4.46. The van der Waals surface area contributed by atoms with Gasteiger partial charge in [-0.05, 0) is 167 Å². The predicted octanol–water partition coefficient (Wildman–Crippen LogP) is 14.8. The molecule has 0 fully saturated rings. The third kappa shape index (κ3) is 11.7. The lowest BCUT2D eigenvalue weighted by atomic mass is 9.89. The summed E-state index contributed by atoms with van der Waals surface area (Å²) in [5, 5.41) is 0. The second-order valence-electron chi connectivity index (χ2n) is 15.2. The Balaban J connectivity index is 1.69. The molecule has 270 valence electrons. The summed E-state index contributed by atoms with van der Waals surface area (Å²) in [6.07, 6.45) is 11.6. The lowest BCUT2D eigenvalue weighted by Crippen LogP contribution is -2.18. The van der Waals surface area contributed by atoms with Crippen molar-refractivity contribution in [1.82, 2.24) is 0 Å². The SMILES string of the molecule is C=C(/C=C\C(=C/CC)N(c1cccc(C)c1)c1cc(C)c(N(c2ccc(C)cc2)c2cccc(C)c2)cc1C)SCCCC(CC(C)(C)C)PC. The average Bonchev–Trinajstić information content (AvgIpc) is 3.07. The maximum Gasteiger partial charge on any atom is 0.0494 e. The molecular weight excluding hydrogens is 656 g/mol. The smallest absolute Gasteiger partial charge is 0.0494 e. The van der Waals surface area contributed by atoms with E-state index in [-0.39, 0.29) is 0 Å². The van der Waals surface area contributed by atoms with Crippen LogP contribution in [0.2, 0.25) is 0 Å². The molecule has 0 aliphatic carbocycles. The van der Waals surface area contributed by atoms with Crippen molar-refractivity contribution < 1.29 is 0 Å². The predicted molar refractivity (Wildman–Crippen MR) is 234 cm³/mol. The first-order valence-corrected chi connectivity index (χ1v) is 21.1. The molecule has 51 heavy (non-hydrogen) atoms. The number of anilines is 5. The molecule has 0 heterocycles. The highest BCUT2D eigenvalue weighted by molar-refractivity contribution is 8.03. The number of rotatable bonds is 16. The van der Waals surface area contributed by atoms with E-state index in [2.05, 4.69) is 189 Å². The number of hydrogen-bond acceptors (Lipinski definition) is 3. The van der Waals surface area contributed by atoms with Gasteiger partial charge in [-0.3, -0.25) is 0 Å². The fourth-order valence-electron chi connectivity index (χ4n) is 6.64. The summed E-state index contributed by atoms with van der Waals surface area (Å²) < 4.78 is 0. The van der Waals surface area contributed by atoms with Gasteiger partial charge in [0.25, 0.3) is 0 Å². The van der Waals surface area contributed by atoms with Gasteiger partial charge in [0.1, 0.15) is 0 Å². The van der Waals surface area contributed by atoms with E-state index in [4.69, 9.17) is 0 Å². The normalized spacial score (nSPS) is 12.9. The fraction of sp³-hybridized carbons (Fsp3) is 0.362. The van der Waals surface area contributed by atoms with E-state index in [1.54, 1.807) is 0 Å². The van der Waals surface area contributed by atoms with Crippen LogP contribution < -0.4 is 9.80 Å². The van der Waals surface area contributed by atoms with E-state index in [0.29, 0.717) is 5.41 Å². The van der Waals surface area contributed by atoms with Gasteiger partial charge in [-0.25, -0.2) is 0 Å². The molecule has 2 nitrogen and oxygen atoms in total. The van der Waals surface area contributed by atoms with E-state index in [1.807, 2.05) is 11.8 Å². The van der Waals surface area contributed by atoms with E-state index in [0.717, 1.165) is 54.1 Å². The molecule has 0 saturated heterocycles. The first-order valence-electron chi connectivity index (χ1n) is 18.6. The van der Waals surface area contributed by atoms with Gasteiger partial charge in [0.15, 0.2) is 0 Å². The zero-order chi connectivity index (χ0) is 37.1. The van der Waals surface area contributed by atoms with E-state index in [1.165, 1.54) is 58.5 Å². The fourth-order valence-corrected chi connectivity index (χ4v) is 8.69. The molecule has 4 rings (SSSR count). The van der Waals surface area contributed by atoms with Crippen molar-refractivity contribution in [3.8, 4) is 0 Å². The van der Waals surface area contributed by atoms with Gasteiger partial charge in [-0.15, -0.1) is 20.3 Å². The third-order valence-corrected chi connectivity index (χ3v) is 11.5. The van der Waals surface area contributed by atoms with Gasteiger partial charge >= 0.3 is 0 Å². The van der Waals surface area contributed by atoms with Crippen LogP contribution in [0, 0.1) is 40.0 Å². The van der Waals surface area contributed by atoms with Gasteiger partial charge in [0.05, 0.1) is 0 Å². The molecule has 0 aliphatic rings. The van der Waals surface area contributed by atoms with Gasteiger partial charge in [0.2, 0.25) is 0 Å². The minimum absolute atomic E-state index is 0.400. The molecule has 4 aromatic carbocycles. The third-order valence-electron chi connectivity index (χ3n) is 9.17. The zero-order valence-corrected chi connectivity index (χ0v) is 34.8. The van der Waals surface area contributed by atoms with Crippen LogP contribution >= 0.6 is 20.3 Å². The summed E-state index contributed by atoms with van der Waals surface area (Å²) in [6.45, 7) is 27.1. The van der Waals surface area contributed by atoms with E-state index < -0.39 is 0 Å². The van der Waals surface area contributed by atoms with Crippen molar-refractivity contribution in [2.75, 3.05) is 22.2 Å². The van der Waals surface area contributed by atoms with Crippen molar-refractivity contribution >= 4 is 48.8 Å². The largest absolute Gasteiger partial charge is 0.311 e. The second kappa shape index (κ2) is 18.8. The number of aryl methyl sites for hydroxylation is 5. The Bertz CT molecular complexity index is 1810. The standard InChI is InChI=1S/C47H61N2PS/c1-12-16-40(27-24-39(7)51-28-15-21-44(50-11)33-47(8,9)10)48(42-19-13-17-35(3)29-42)45-31-38(6)46(32-37(45)5)49(41-25-22-34(2)23-26-41)43-20-14-18-36(4)30-43/h13-14,16-20,22-27,29-32,44,50H,7,12,15,21,28,33H2,1-6,8-11H3/b27-24-,40-16+. The van der Waals surface area contributed by atoms with E-state index in [9.17, 15) is 0 Å². The molecule has 0 amide bonds. The van der Waals surface area contributed by atoms with Crippen molar-refractivity contribution in [2.24, 2.45) is 5.41 Å². The first kappa shape index (κ1) is 40.3. The summed E-state index contributed by atoms with van der Waals surface area (Å²) >= 11 is 1.89. The maximum absolute atomic E-state index is 4.46. The Morgan fingerprint density at radius 2 is 1.37 bits per heavy atom. The number of allylic oxidation sites excluding steroid dienone is 3. The van der Waals surface area contributed by atoms with Gasteiger partial charge in [0, 0.05) is 39.0 Å². The molecule has 4 aromatic rings. The number of nitrogens with zero attached hydrogens (tertiary/aromatic N) is 2. The summed E-state index contributed by atoms with van der Waals surface area (Å²) in [4.78, 5) is 5.94. The Morgan fingerprint density at radius 3 is 1.98 bits per heavy atom. The van der Waals surface area contributed by atoms with Gasteiger partial charge in [-0.2, -0.15) is 0 Å². The summed E-state index contributed by atoms with van der Waals surface area (Å²) in [6, 6.07) is 31.2. The van der Waals surface area contributed by atoms with Crippen molar-refractivity contribution in [3.63, 3.8) is 0 Å². The monoisotopic (exact) mass is 716 g/mol. The number of benzene rings is 4. The molecule has 2 atom stereocenters. The van der Waals surface area contributed by atoms with Crippen LogP contribution in [0.4, 0.5) is 28.4 Å². The Morgan fingerprint density at radius 1 is 0.765 bits per heavy atom. The Kier molecular flexibility index (Phi) is 14.9. The lowest BCUT2D eigenvalue weighted by molar-refractivity contribution is 0.365. The first-order chi connectivity index (χ1) is 24.3. The van der Waals surface area contributed by atoms with Crippen LogP contribution in [0.25, 0.3) is 0 Å². The molecular formula is C47H61N2PS. The molecule has 4 heteroatoms. The molecule has 2 unspecified atom stereocenters. The number of hydrogen-bond donors (Lipinski definition) is 0. The summed E-state index contributed by atoms with van der Waals surface area (Å²) in [5.41, 5.74) is 14.4. The summed E-state index contributed by atoms with van der Waals surface area (Å²) in [5.74, 6) is 1.11. The quantitative estimate of drug-likeness (QED) is 0.0647. The van der Waals surface area contributed by atoms with Crippen molar-refractivity contribution in [1.29, 1.82) is 0 Å². The molecule has 0 radical (unpaired) electrons.